The number of carbonyl (C=O) groups excluding carboxylic acids is 4. The van der Waals surface area contributed by atoms with Gasteiger partial charge in [0.05, 0.1) is 12.5 Å². The van der Waals surface area contributed by atoms with Gasteiger partial charge in [0.15, 0.2) is 34.6 Å². The summed E-state index contributed by atoms with van der Waals surface area (Å²) in [6.45, 7) is 7.10. The highest BCUT2D eigenvalue weighted by molar-refractivity contribution is 7.22. The number of aromatic hydroxyl groups is 4. The van der Waals surface area contributed by atoms with Crippen molar-refractivity contribution >= 4 is 157 Å². The van der Waals surface area contributed by atoms with Crippen molar-refractivity contribution in [1.82, 2.24) is 29.9 Å². The number of imidazole rings is 3. The van der Waals surface area contributed by atoms with Gasteiger partial charge >= 0.3 is 23.9 Å². The van der Waals surface area contributed by atoms with Gasteiger partial charge in [0.1, 0.15) is 88.5 Å². The molecule has 16 aromatic rings. The second kappa shape index (κ2) is 36.5. The fourth-order valence-corrected chi connectivity index (χ4v) is 16.1. The number of aromatic amines is 3. The van der Waals surface area contributed by atoms with Crippen molar-refractivity contribution in [3.63, 3.8) is 0 Å². The van der Waals surface area contributed by atoms with E-state index in [2.05, 4.69) is 29.9 Å². The molecule has 8 aromatic heterocycles. The van der Waals surface area contributed by atoms with Gasteiger partial charge in [0.2, 0.25) is 23.1 Å². The molecule has 11 N–H and O–H groups in total. The number of phenolic OH excluding ortho intramolecular Hbond substituents is 4. The molecule has 0 aliphatic carbocycles. The van der Waals surface area contributed by atoms with Crippen molar-refractivity contribution in [2.24, 2.45) is 0 Å². The number of hydrogen-bond acceptors (Lipinski definition) is 24. The Balaban J connectivity index is 0.000000138. The SMILES string of the molecule is Cc1[nH]cnc1C(=O)c1sc2cc(O)ccc2c1Oc1ccc(/C=C/C(=O)O)cc1.Cc1ccc(C(=O)c2sc3cc(O)ccc3c2Oc2ccc(/C=C/C(=O)O)cc2)o1.Cc1cnc(C(=O)c2sc3cc(O)ccc3c2Oc2ccc(/C=C/C(=O)O)cc2)[nH]1.Cc1ncc(C(=O)c2sc3cc(O)ccc3c2Oc2ccc(/C=C/C(=O)O)cc2)[nH]1. The highest BCUT2D eigenvalue weighted by atomic mass is 32.1. The minimum Gasteiger partial charge on any atom is -0.508 e. The zero-order valence-corrected chi connectivity index (χ0v) is 66.3. The summed E-state index contributed by atoms with van der Waals surface area (Å²) in [6, 6.07) is 49.9. The molecule has 600 valence electrons. The molecule has 0 unspecified atom stereocenters. The fraction of sp³-hybridized carbons (Fsp3) is 0.0449. The van der Waals surface area contributed by atoms with Crippen molar-refractivity contribution < 1.29 is 103 Å². The molecule has 120 heavy (non-hydrogen) atoms. The molecule has 8 heterocycles. The third-order valence-corrected chi connectivity index (χ3v) is 21.8. The number of thiophene rings is 4. The number of fused-ring (bicyclic) bond motifs is 4. The maximum atomic E-state index is 13.1. The number of phenols is 4. The van der Waals surface area contributed by atoms with Gasteiger partial charge in [-0.2, -0.15) is 0 Å². The van der Waals surface area contributed by atoms with Crippen LogP contribution in [0.25, 0.3) is 64.6 Å². The number of benzene rings is 8. The van der Waals surface area contributed by atoms with Gasteiger partial charge < -0.3 is 79.2 Å². The van der Waals surface area contributed by atoms with Crippen molar-refractivity contribution in [3.8, 4) is 69.0 Å². The molecule has 0 atom stereocenters. The van der Waals surface area contributed by atoms with Crippen LogP contribution >= 0.6 is 45.3 Å². The Morgan fingerprint density at radius 1 is 0.375 bits per heavy atom. The van der Waals surface area contributed by atoms with E-state index in [-0.39, 0.29) is 57.7 Å². The number of aryl methyl sites for hydroxylation is 4. The second-order valence-corrected chi connectivity index (χ2v) is 30.2. The van der Waals surface area contributed by atoms with Crippen LogP contribution in [0.5, 0.6) is 69.0 Å². The Labute approximate surface area is 694 Å². The summed E-state index contributed by atoms with van der Waals surface area (Å²) in [5.74, 6) is 0.295. The molecule has 0 bridgehead atoms. The van der Waals surface area contributed by atoms with E-state index in [0.717, 1.165) is 30.0 Å². The number of H-pyrrole nitrogens is 3. The second-order valence-electron chi connectivity index (χ2n) is 26.0. The van der Waals surface area contributed by atoms with Crippen LogP contribution in [0.2, 0.25) is 0 Å². The standard InChI is InChI=1S/C23H16O6S.3C22H16N2O5S/c1-13-2-10-18(28-13)21(27)23-22(17-9-6-15(24)12-19(17)30-23)29-16-7-3-14(4-8-16)5-11-20(25)26;1-12-23-11-17(24-12)20(28)22-21(16-8-5-14(25)10-18(16)30-22)29-15-6-2-13(3-7-15)4-9-19(26)27;1-12-19(24-11-23-12)20(28)22-21(16-8-5-14(25)10-17(16)30-22)29-15-6-2-13(3-7-15)4-9-18(26)27;1-12-11-23-22(24-12)19(28)21-20(16-8-5-14(25)10-17(16)30-21)29-15-6-2-13(3-7-15)4-9-18(26)27/h2-12,24H,1H3,(H,25,26);3*2-11,25H,1H3,(H,23,24)(H,26,27)/b11-5+;3*9-4+. The van der Waals surface area contributed by atoms with Gasteiger partial charge in [-0.05, 0) is 208 Å². The monoisotopic (exact) mass is 1680 g/mol. The average molecular weight is 1680 g/mol. The minimum atomic E-state index is -1.03. The number of carboxylic acids is 4. The van der Waals surface area contributed by atoms with E-state index < -0.39 is 23.9 Å². The number of aromatic nitrogens is 6. The van der Waals surface area contributed by atoms with Crippen molar-refractivity contribution in [2.75, 3.05) is 0 Å². The van der Waals surface area contributed by atoms with Crippen LogP contribution in [0, 0.1) is 27.7 Å². The van der Waals surface area contributed by atoms with Gasteiger partial charge in [0.25, 0.3) is 0 Å². The van der Waals surface area contributed by atoms with Crippen molar-refractivity contribution in [3.05, 3.63) is 313 Å². The third kappa shape index (κ3) is 20.0. The highest BCUT2D eigenvalue weighted by Crippen LogP contribution is 2.47. The molecule has 0 saturated heterocycles. The van der Waals surface area contributed by atoms with Crippen molar-refractivity contribution in [1.29, 1.82) is 0 Å². The van der Waals surface area contributed by atoms with Crippen LogP contribution in [0.15, 0.2) is 229 Å². The first-order valence-corrected chi connectivity index (χ1v) is 39.0. The number of ether oxygens (including phenoxy) is 4. The van der Waals surface area contributed by atoms with E-state index in [1.807, 2.05) is 6.92 Å². The quantitative estimate of drug-likeness (QED) is 0.0198. The van der Waals surface area contributed by atoms with E-state index in [4.69, 9.17) is 43.8 Å². The molecule has 0 aliphatic rings. The molecule has 0 amide bonds. The lowest BCUT2D eigenvalue weighted by atomic mass is 10.1. The Morgan fingerprint density at radius 2 is 0.717 bits per heavy atom. The summed E-state index contributed by atoms with van der Waals surface area (Å²) >= 11 is 4.87. The van der Waals surface area contributed by atoms with Gasteiger partial charge in [-0.25, -0.2) is 34.1 Å². The van der Waals surface area contributed by atoms with Gasteiger partial charge in [-0.15, -0.1) is 45.3 Å². The lowest BCUT2D eigenvalue weighted by Gasteiger charge is -2.08. The molecular formula is C89H64N6O21S4. The number of aliphatic carboxylic acids is 4. The maximum Gasteiger partial charge on any atom is 0.328 e. The number of furan rings is 1. The van der Waals surface area contributed by atoms with Crippen LogP contribution in [0.1, 0.15) is 107 Å². The van der Waals surface area contributed by atoms with E-state index in [0.29, 0.717) is 157 Å². The summed E-state index contributed by atoms with van der Waals surface area (Å²) in [7, 11) is 0. The lowest BCUT2D eigenvalue weighted by molar-refractivity contribution is -0.132. The largest absolute Gasteiger partial charge is 0.508 e. The van der Waals surface area contributed by atoms with Crippen LogP contribution in [-0.2, 0) is 19.2 Å². The highest BCUT2D eigenvalue weighted by Gasteiger charge is 2.29. The minimum absolute atomic E-state index is 0.0951. The molecule has 27 nitrogen and oxygen atoms in total. The van der Waals surface area contributed by atoms with Crippen LogP contribution in [0.4, 0.5) is 0 Å². The lowest BCUT2D eigenvalue weighted by Crippen LogP contribution is -2.03. The van der Waals surface area contributed by atoms with E-state index >= 15 is 0 Å². The molecule has 0 aliphatic heterocycles. The van der Waals surface area contributed by atoms with Gasteiger partial charge in [-0.1, -0.05) is 48.5 Å². The number of rotatable bonds is 24. The van der Waals surface area contributed by atoms with Gasteiger partial charge in [-0.3, -0.25) is 19.2 Å². The normalized spacial score (nSPS) is 11.2. The molecule has 0 saturated carbocycles. The molecule has 16 rings (SSSR count). The Morgan fingerprint density at radius 3 is 1.01 bits per heavy atom. The predicted molar refractivity (Wildman–Crippen MR) is 454 cm³/mol. The summed E-state index contributed by atoms with van der Waals surface area (Å²) < 4.78 is 32.6. The average Bonchev–Trinajstić information content (AvgIpc) is 1.64. The molecule has 8 aromatic carbocycles. The number of carbonyl (C=O) groups is 8. The van der Waals surface area contributed by atoms with Crippen LogP contribution < -0.4 is 18.9 Å². The molecular weight excluding hydrogens is 1620 g/mol. The first-order valence-electron chi connectivity index (χ1n) is 35.7. The predicted octanol–water partition coefficient (Wildman–Crippen LogP) is 19.9. The molecule has 0 spiro atoms. The number of ketones is 4. The van der Waals surface area contributed by atoms with Crippen LogP contribution in [0.3, 0.4) is 0 Å². The van der Waals surface area contributed by atoms with E-state index in [9.17, 15) is 58.8 Å². The number of nitrogens with one attached hydrogen (secondary N) is 3. The fourth-order valence-electron chi connectivity index (χ4n) is 11.6. The topological polar surface area (TPSA) is 435 Å². The first-order chi connectivity index (χ1) is 57.6. The summed E-state index contributed by atoms with van der Waals surface area (Å²) in [6.07, 6.45) is 14.6. The first kappa shape index (κ1) is 82.4. The van der Waals surface area contributed by atoms with E-state index in [1.54, 1.807) is 185 Å². The van der Waals surface area contributed by atoms with Gasteiger partial charge in [0, 0.05) is 82.2 Å². The molecule has 0 fully saturated rings. The van der Waals surface area contributed by atoms with E-state index in [1.165, 1.54) is 106 Å². The summed E-state index contributed by atoms with van der Waals surface area (Å²) in [5.41, 5.74) is 4.89. The van der Waals surface area contributed by atoms with Crippen molar-refractivity contribution in [2.45, 2.75) is 27.7 Å². The Kier molecular flexibility index (Phi) is 25.1. The number of carboxylic acid groups (broad SMARTS) is 4. The number of hydrogen-bond donors (Lipinski definition) is 11. The number of nitrogens with zero attached hydrogens (tertiary/aromatic N) is 3. The summed E-state index contributed by atoms with van der Waals surface area (Å²) in [5, 5.41) is 77.0. The zero-order valence-electron chi connectivity index (χ0n) is 63.0. The Bertz CT molecular complexity index is 6270. The molecule has 31 heteroatoms. The third-order valence-electron chi connectivity index (χ3n) is 17.3. The maximum absolute atomic E-state index is 13.1. The molecule has 0 radical (unpaired) electrons. The zero-order chi connectivity index (χ0) is 85.0. The Hall–Kier alpha value is -15.6. The smallest absolute Gasteiger partial charge is 0.328 e. The van der Waals surface area contributed by atoms with Crippen LogP contribution in [-0.4, -0.2) is 118 Å². The summed E-state index contributed by atoms with van der Waals surface area (Å²) in [4.78, 5) is 117.